The molecule has 3 aromatic rings. The van der Waals surface area contributed by atoms with Gasteiger partial charge in [-0.15, -0.1) is 0 Å². The summed E-state index contributed by atoms with van der Waals surface area (Å²) in [4.78, 5) is 12.9. The van der Waals surface area contributed by atoms with Gasteiger partial charge in [-0.1, -0.05) is 11.6 Å². The van der Waals surface area contributed by atoms with Crippen molar-refractivity contribution in [2.75, 3.05) is 43.0 Å². The first-order valence-electron chi connectivity index (χ1n) is 10.9. The van der Waals surface area contributed by atoms with Gasteiger partial charge in [-0.3, -0.25) is 9.10 Å². The summed E-state index contributed by atoms with van der Waals surface area (Å²) in [6.07, 6.45) is 0. The van der Waals surface area contributed by atoms with E-state index in [4.69, 9.17) is 16.3 Å². The van der Waals surface area contributed by atoms with Crippen molar-refractivity contribution in [3.8, 4) is 0 Å². The Labute approximate surface area is 215 Å². The minimum absolute atomic E-state index is 0.0929. The van der Waals surface area contributed by atoms with Gasteiger partial charge in [0.15, 0.2) is 0 Å². The number of nitrogens with one attached hydrogen (secondary N) is 1. The number of sulfonamides is 2. The van der Waals surface area contributed by atoms with E-state index in [1.165, 1.54) is 84.1 Å². The predicted molar refractivity (Wildman–Crippen MR) is 137 cm³/mol. The van der Waals surface area contributed by atoms with Gasteiger partial charge in [0.1, 0.15) is 0 Å². The van der Waals surface area contributed by atoms with Crippen LogP contribution in [-0.2, 0) is 24.8 Å². The first-order chi connectivity index (χ1) is 17.1. The number of morpholine rings is 1. The van der Waals surface area contributed by atoms with Crippen LogP contribution in [0.1, 0.15) is 10.4 Å². The predicted octanol–water partition coefficient (Wildman–Crippen LogP) is 3.44. The highest BCUT2D eigenvalue weighted by atomic mass is 35.5. The zero-order valence-electron chi connectivity index (χ0n) is 19.3. The molecule has 0 unspecified atom stereocenters. The maximum Gasteiger partial charge on any atom is 0.264 e. The molecule has 1 aliphatic rings. The van der Waals surface area contributed by atoms with E-state index < -0.39 is 26.0 Å². The zero-order chi connectivity index (χ0) is 25.9. The molecule has 3 aromatic carbocycles. The normalized spacial score (nSPS) is 14.8. The molecule has 0 bridgehead atoms. The highest BCUT2D eigenvalue weighted by Crippen LogP contribution is 2.24. The average molecular weight is 550 g/mol. The summed E-state index contributed by atoms with van der Waals surface area (Å²) in [5, 5.41) is 3.15. The third-order valence-electron chi connectivity index (χ3n) is 5.69. The molecular formula is C24H24ClN3O6S2. The van der Waals surface area contributed by atoms with Crippen molar-refractivity contribution < 1.29 is 26.4 Å². The van der Waals surface area contributed by atoms with Gasteiger partial charge in [0.25, 0.3) is 15.9 Å². The molecular weight excluding hydrogens is 526 g/mol. The highest BCUT2D eigenvalue weighted by Gasteiger charge is 2.26. The summed E-state index contributed by atoms with van der Waals surface area (Å²) in [6, 6.07) is 17.9. The van der Waals surface area contributed by atoms with Crippen LogP contribution < -0.4 is 9.62 Å². The summed E-state index contributed by atoms with van der Waals surface area (Å²) >= 11 is 5.84. The lowest BCUT2D eigenvalue weighted by molar-refractivity contribution is 0.0730. The molecule has 12 heteroatoms. The second kappa shape index (κ2) is 10.6. The van der Waals surface area contributed by atoms with E-state index in [1.807, 2.05) is 0 Å². The molecule has 4 rings (SSSR count). The summed E-state index contributed by atoms with van der Waals surface area (Å²) in [7, 11) is -6.00. The molecule has 1 amide bonds. The molecule has 1 aliphatic heterocycles. The van der Waals surface area contributed by atoms with Crippen LogP contribution in [0, 0.1) is 0 Å². The number of carbonyl (C=O) groups is 1. The smallest absolute Gasteiger partial charge is 0.264 e. The Bertz CT molecular complexity index is 1440. The van der Waals surface area contributed by atoms with Crippen molar-refractivity contribution in [3.63, 3.8) is 0 Å². The van der Waals surface area contributed by atoms with Gasteiger partial charge in [-0.25, -0.2) is 16.8 Å². The van der Waals surface area contributed by atoms with E-state index in [0.29, 0.717) is 48.3 Å². The lowest BCUT2D eigenvalue weighted by Crippen LogP contribution is -2.40. The Morgan fingerprint density at radius 3 is 2.00 bits per heavy atom. The van der Waals surface area contributed by atoms with Crippen LogP contribution in [0.3, 0.4) is 0 Å². The zero-order valence-corrected chi connectivity index (χ0v) is 21.7. The first-order valence-corrected chi connectivity index (χ1v) is 14.2. The van der Waals surface area contributed by atoms with E-state index in [0.717, 1.165) is 4.31 Å². The van der Waals surface area contributed by atoms with Crippen LogP contribution in [0.5, 0.6) is 0 Å². The Balaban J connectivity index is 1.43. The van der Waals surface area contributed by atoms with Crippen LogP contribution >= 0.6 is 11.6 Å². The van der Waals surface area contributed by atoms with E-state index in [9.17, 15) is 21.6 Å². The van der Waals surface area contributed by atoms with Gasteiger partial charge in [0.05, 0.1) is 28.7 Å². The Morgan fingerprint density at radius 1 is 0.861 bits per heavy atom. The Kier molecular flexibility index (Phi) is 7.67. The molecule has 1 fully saturated rings. The largest absolute Gasteiger partial charge is 0.379 e. The van der Waals surface area contributed by atoms with Crippen molar-refractivity contribution in [2.24, 2.45) is 0 Å². The number of benzene rings is 3. The fourth-order valence-electron chi connectivity index (χ4n) is 3.58. The van der Waals surface area contributed by atoms with Crippen LogP contribution in [0.15, 0.2) is 82.6 Å². The number of ether oxygens (including phenoxy) is 1. The van der Waals surface area contributed by atoms with Gasteiger partial charge in [0, 0.05) is 36.4 Å². The number of carbonyl (C=O) groups excluding carboxylic acids is 1. The summed E-state index contributed by atoms with van der Waals surface area (Å²) in [6.45, 7) is 1.31. The Hall–Kier alpha value is -2.96. The van der Waals surface area contributed by atoms with E-state index in [-0.39, 0.29) is 9.79 Å². The van der Waals surface area contributed by atoms with Gasteiger partial charge in [-0.2, -0.15) is 4.31 Å². The molecule has 0 radical (unpaired) electrons. The molecule has 9 nitrogen and oxygen atoms in total. The number of halogens is 1. The summed E-state index contributed by atoms with van der Waals surface area (Å²) < 4.78 is 58.9. The number of hydrogen-bond acceptors (Lipinski definition) is 6. The van der Waals surface area contributed by atoms with Crippen molar-refractivity contribution >= 4 is 48.9 Å². The van der Waals surface area contributed by atoms with E-state index in [2.05, 4.69) is 5.32 Å². The van der Waals surface area contributed by atoms with Crippen molar-refractivity contribution in [2.45, 2.75) is 9.79 Å². The maximum atomic E-state index is 12.9. The number of hydrogen-bond donors (Lipinski definition) is 1. The number of rotatable bonds is 7. The standard InChI is InChI=1S/C24H24ClN3O6S2/c1-27(35(30,31)22-10-4-19(25)5-11-22)21-8-2-18(3-9-21)24(29)26-20-6-12-23(13-7-20)36(32,33)28-14-16-34-17-15-28/h2-13H,14-17H2,1H3,(H,26,29). The van der Waals surface area contributed by atoms with Crippen LogP contribution in [0.25, 0.3) is 0 Å². The van der Waals surface area contributed by atoms with Crippen LogP contribution in [-0.4, -0.2) is 60.4 Å². The lowest BCUT2D eigenvalue weighted by atomic mass is 10.2. The molecule has 190 valence electrons. The van der Waals surface area contributed by atoms with Crippen LogP contribution in [0.2, 0.25) is 5.02 Å². The first kappa shape index (κ1) is 26.1. The quantitative estimate of drug-likeness (QED) is 0.483. The number of anilines is 2. The molecule has 1 heterocycles. The lowest BCUT2D eigenvalue weighted by Gasteiger charge is -2.26. The molecule has 36 heavy (non-hydrogen) atoms. The van der Waals surface area contributed by atoms with Gasteiger partial charge < -0.3 is 10.1 Å². The molecule has 1 N–H and O–H groups in total. The second-order valence-electron chi connectivity index (χ2n) is 7.97. The fourth-order valence-corrected chi connectivity index (χ4v) is 6.31. The van der Waals surface area contributed by atoms with Gasteiger partial charge in [0.2, 0.25) is 10.0 Å². The van der Waals surface area contributed by atoms with E-state index >= 15 is 0 Å². The molecule has 0 saturated carbocycles. The van der Waals surface area contributed by atoms with Gasteiger partial charge in [-0.05, 0) is 72.8 Å². The minimum atomic E-state index is -3.80. The monoisotopic (exact) mass is 549 g/mol. The van der Waals surface area contributed by atoms with Crippen molar-refractivity contribution in [1.82, 2.24) is 4.31 Å². The van der Waals surface area contributed by atoms with Crippen molar-refractivity contribution in [3.05, 3.63) is 83.4 Å². The van der Waals surface area contributed by atoms with Gasteiger partial charge >= 0.3 is 0 Å². The third kappa shape index (κ3) is 5.55. The Morgan fingerprint density at radius 2 is 1.42 bits per heavy atom. The third-order valence-corrected chi connectivity index (χ3v) is 9.65. The minimum Gasteiger partial charge on any atom is -0.379 e. The molecule has 0 aliphatic carbocycles. The summed E-state index contributed by atoms with van der Waals surface area (Å²) in [5.74, 6) is -0.423. The van der Waals surface area contributed by atoms with E-state index in [1.54, 1.807) is 0 Å². The fraction of sp³-hybridized carbons (Fsp3) is 0.208. The topological polar surface area (TPSA) is 113 Å². The van der Waals surface area contributed by atoms with Crippen LogP contribution in [0.4, 0.5) is 11.4 Å². The highest BCUT2D eigenvalue weighted by molar-refractivity contribution is 7.92. The SMILES string of the molecule is CN(c1ccc(C(=O)Nc2ccc(S(=O)(=O)N3CCOCC3)cc2)cc1)S(=O)(=O)c1ccc(Cl)cc1. The second-order valence-corrected chi connectivity index (χ2v) is 12.3. The summed E-state index contributed by atoms with van der Waals surface area (Å²) in [5.41, 5.74) is 1.10. The molecule has 0 aromatic heterocycles. The maximum absolute atomic E-state index is 12.9. The molecule has 0 atom stereocenters. The molecule has 0 spiro atoms. The average Bonchev–Trinajstić information content (AvgIpc) is 2.89. The molecule has 1 saturated heterocycles. The number of nitrogens with zero attached hydrogens (tertiary/aromatic N) is 2. The van der Waals surface area contributed by atoms with Crippen molar-refractivity contribution in [1.29, 1.82) is 0 Å². The number of amides is 1.